The molecule has 2 unspecified atom stereocenters. The van der Waals surface area contributed by atoms with Crippen LogP contribution in [0.4, 0.5) is 0 Å². The third-order valence-corrected chi connectivity index (χ3v) is 4.74. The highest BCUT2D eigenvalue weighted by molar-refractivity contribution is 7.99. The van der Waals surface area contributed by atoms with Gasteiger partial charge in [0.15, 0.2) is 0 Å². The van der Waals surface area contributed by atoms with E-state index in [1.54, 1.807) is 0 Å². The van der Waals surface area contributed by atoms with Crippen LogP contribution < -0.4 is 5.73 Å². The number of hydrogen-bond acceptors (Lipinski definition) is 3. The molecule has 1 saturated heterocycles. The summed E-state index contributed by atoms with van der Waals surface area (Å²) in [6.07, 6.45) is 6.73. The summed E-state index contributed by atoms with van der Waals surface area (Å²) in [7, 11) is 0. The highest BCUT2D eigenvalue weighted by atomic mass is 32.2. The second kappa shape index (κ2) is 8.37. The zero-order valence-corrected chi connectivity index (χ0v) is 11.8. The first kappa shape index (κ1) is 14.3. The minimum atomic E-state index is 0.632. The van der Waals surface area contributed by atoms with Crippen molar-refractivity contribution in [2.24, 2.45) is 5.73 Å². The van der Waals surface area contributed by atoms with E-state index in [4.69, 9.17) is 5.73 Å². The van der Waals surface area contributed by atoms with Gasteiger partial charge in [-0.2, -0.15) is 11.8 Å². The lowest BCUT2D eigenvalue weighted by Crippen LogP contribution is -2.49. The minimum absolute atomic E-state index is 0.632. The molecule has 1 rings (SSSR count). The fourth-order valence-corrected chi connectivity index (χ4v) is 3.55. The van der Waals surface area contributed by atoms with Crippen molar-refractivity contribution in [1.82, 2.24) is 4.90 Å². The van der Waals surface area contributed by atoms with Gasteiger partial charge < -0.3 is 5.73 Å². The van der Waals surface area contributed by atoms with Crippen LogP contribution in [0.15, 0.2) is 0 Å². The summed E-state index contributed by atoms with van der Waals surface area (Å²) in [5.41, 5.74) is 5.93. The summed E-state index contributed by atoms with van der Waals surface area (Å²) in [5, 5.41) is 0. The zero-order chi connectivity index (χ0) is 11.8. The smallest absolute Gasteiger partial charge is 0.0221 e. The van der Waals surface area contributed by atoms with Crippen LogP contribution >= 0.6 is 11.8 Å². The average molecular weight is 244 g/mol. The maximum atomic E-state index is 5.93. The fraction of sp³-hybridized carbons (Fsp3) is 1.00. The minimum Gasteiger partial charge on any atom is -0.329 e. The van der Waals surface area contributed by atoms with Gasteiger partial charge in [-0.15, -0.1) is 0 Å². The Hall–Kier alpha value is 0.270. The van der Waals surface area contributed by atoms with Crippen molar-refractivity contribution in [3.63, 3.8) is 0 Å². The molecule has 1 aliphatic rings. The van der Waals surface area contributed by atoms with Gasteiger partial charge in [-0.3, -0.25) is 4.90 Å². The summed E-state index contributed by atoms with van der Waals surface area (Å²) in [6.45, 7) is 6.69. The normalized spacial score (nSPS) is 24.6. The molecule has 2 N–H and O–H groups in total. The van der Waals surface area contributed by atoms with Gasteiger partial charge in [-0.05, 0) is 13.3 Å². The first-order chi connectivity index (χ1) is 7.79. The molecule has 3 heteroatoms. The Balaban J connectivity index is 2.28. The topological polar surface area (TPSA) is 29.3 Å². The first-order valence-corrected chi connectivity index (χ1v) is 7.98. The van der Waals surface area contributed by atoms with Gasteiger partial charge in [0.25, 0.3) is 0 Å². The van der Waals surface area contributed by atoms with Gasteiger partial charge in [0.2, 0.25) is 0 Å². The predicted molar refractivity (Wildman–Crippen MR) is 75.1 cm³/mol. The van der Waals surface area contributed by atoms with E-state index in [-0.39, 0.29) is 0 Å². The average Bonchev–Trinajstić information content (AvgIpc) is 2.31. The molecule has 0 amide bonds. The molecule has 2 nitrogen and oxygen atoms in total. The zero-order valence-electron chi connectivity index (χ0n) is 11.0. The van der Waals surface area contributed by atoms with Gasteiger partial charge in [0.05, 0.1) is 0 Å². The lowest BCUT2D eigenvalue weighted by Gasteiger charge is -2.39. The highest BCUT2D eigenvalue weighted by Crippen LogP contribution is 2.21. The third kappa shape index (κ3) is 4.64. The van der Waals surface area contributed by atoms with E-state index in [0.29, 0.717) is 6.04 Å². The van der Waals surface area contributed by atoms with E-state index in [1.165, 1.54) is 50.2 Å². The van der Waals surface area contributed by atoms with E-state index >= 15 is 0 Å². The number of rotatable bonds is 7. The van der Waals surface area contributed by atoms with Crippen molar-refractivity contribution >= 4 is 11.8 Å². The molecule has 0 aliphatic carbocycles. The van der Waals surface area contributed by atoms with Crippen molar-refractivity contribution < 1.29 is 0 Å². The molecule has 1 heterocycles. The second-order valence-electron chi connectivity index (χ2n) is 4.90. The molecule has 0 saturated carbocycles. The molecule has 0 bridgehead atoms. The van der Waals surface area contributed by atoms with Crippen LogP contribution in [-0.2, 0) is 0 Å². The Kier molecular flexibility index (Phi) is 7.50. The van der Waals surface area contributed by atoms with E-state index in [0.717, 1.165) is 12.6 Å². The van der Waals surface area contributed by atoms with E-state index in [9.17, 15) is 0 Å². The molecule has 96 valence electrons. The van der Waals surface area contributed by atoms with Gasteiger partial charge in [0, 0.05) is 36.7 Å². The maximum absolute atomic E-state index is 5.93. The van der Waals surface area contributed by atoms with Gasteiger partial charge >= 0.3 is 0 Å². The quantitative estimate of drug-likeness (QED) is 0.698. The molecule has 0 aromatic rings. The fourth-order valence-electron chi connectivity index (χ4n) is 2.51. The van der Waals surface area contributed by atoms with Gasteiger partial charge in [-0.1, -0.05) is 32.6 Å². The number of hydrogen-bond donors (Lipinski definition) is 1. The van der Waals surface area contributed by atoms with Crippen molar-refractivity contribution in [3.8, 4) is 0 Å². The highest BCUT2D eigenvalue weighted by Gasteiger charge is 2.24. The van der Waals surface area contributed by atoms with Gasteiger partial charge in [0.1, 0.15) is 0 Å². The maximum Gasteiger partial charge on any atom is 0.0221 e. The summed E-state index contributed by atoms with van der Waals surface area (Å²) in [4.78, 5) is 2.64. The monoisotopic (exact) mass is 244 g/mol. The van der Waals surface area contributed by atoms with E-state index in [2.05, 4.69) is 30.5 Å². The summed E-state index contributed by atoms with van der Waals surface area (Å²) < 4.78 is 0. The first-order valence-electron chi connectivity index (χ1n) is 6.83. The third-order valence-electron chi connectivity index (χ3n) is 3.55. The number of unbranched alkanes of at least 4 members (excludes halogenated alkanes) is 3. The Morgan fingerprint density at radius 1 is 1.38 bits per heavy atom. The second-order valence-corrected chi connectivity index (χ2v) is 6.05. The molecule has 1 aliphatic heterocycles. The summed E-state index contributed by atoms with van der Waals surface area (Å²) in [6, 6.07) is 1.35. The van der Waals surface area contributed by atoms with Crippen molar-refractivity contribution in [1.29, 1.82) is 0 Å². The molecule has 0 aromatic carbocycles. The van der Waals surface area contributed by atoms with Crippen LogP contribution in [0.25, 0.3) is 0 Å². The number of nitrogens with two attached hydrogens (primary N) is 1. The molecule has 0 spiro atoms. The molecule has 16 heavy (non-hydrogen) atoms. The van der Waals surface area contributed by atoms with Crippen LogP contribution in [0.1, 0.15) is 46.0 Å². The number of nitrogens with zero attached hydrogens (tertiary/aromatic N) is 1. The van der Waals surface area contributed by atoms with Crippen LogP contribution in [-0.4, -0.2) is 41.6 Å². The van der Waals surface area contributed by atoms with Crippen LogP contribution in [0.3, 0.4) is 0 Å². The Bertz CT molecular complexity index is 175. The SMILES string of the molecule is CCCCCCC(CN)N1CCSCC1C. The Morgan fingerprint density at radius 3 is 2.81 bits per heavy atom. The molecule has 0 radical (unpaired) electrons. The molecule has 2 atom stereocenters. The molecular weight excluding hydrogens is 216 g/mol. The summed E-state index contributed by atoms with van der Waals surface area (Å²) in [5.74, 6) is 2.57. The van der Waals surface area contributed by atoms with Gasteiger partial charge in [-0.25, -0.2) is 0 Å². The molecule has 0 aromatic heterocycles. The lowest BCUT2D eigenvalue weighted by molar-refractivity contribution is 0.154. The number of thioether (sulfide) groups is 1. The van der Waals surface area contributed by atoms with E-state index in [1.807, 2.05) is 0 Å². The standard InChI is InChI=1S/C13H28N2S/c1-3-4-5-6-7-13(10-14)15-8-9-16-11-12(15)2/h12-13H,3-11,14H2,1-2H3. The largest absolute Gasteiger partial charge is 0.329 e. The van der Waals surface area contributed by atoms with Crippen LogP contribution in [0, 0.1) is 0 Å². The molecular formula is C13H28N2S. The predicted octanol–water partition coefficient (Wildman–Crippen LogP) is 2.72. The summed E-state index contributed by atoms with van der Waals surface area (Å²) >= 11 is 2.08. The molecule has 1 fully saturated rings. The van der Waals surface area contributed by atoms with E-state index < -0.39 is 0 Å². The Labute approximate surface area is 105 Å². The van der Waals surface area contributed by atoms with Crippen molar-refractivity contribution in [3.05, 3.63) is 0 Å². The van der Waals surface area contributed by atoms with Crippen molar-refractivity contribution in [2.45, 2.75) is 58.0 Å². The van der Waals surface area contributed by atoms with Crippen molar-refractivity contribution in [2.75, 3.05) is 24.6 Å². The van der Waals surface area contributed by atoms with Crippen LogP contribution in [0.2, 0.25) is 0 Å². The Morgan fingerprint density at radius 2 is 2.19 bits per heavy atom. The lowest BCUT2D eigenvalue weighted by atomic mass is 10.0. The van der Waals surface area contributed by atoms with Crippen LogP contribution in [0.5, 0.6) is 0 Å².